The second-order valence-electron chi connectivity index (χ2n) is 4.33. The number of ether oxygens (including phenoxy) is 1. The molecule has 0 aliphatic carbocycles. The van der Waals surface area contributed by atoms with Crippen molar-refractivity contribution in [2.45, 2.75) is 26.2 Å². The summed E-state index contributed by atoms with van der Waals surface area (Å²) in [5, 5.41) is 7.02. The molecule has 0 saturated carbocycles. The molecule has 0 saturated heterocycles. The summed E-state index contributed by atoms with van der Waals surface area (Å²) in [6.45, 7) is 5.96. The molecule has 7 heteroatoms. The van der Waals surface area contributed by atoms with Gasteiger partial charge in [-0.2, -0.15) is 5.10 Å². The number of nitrogens with zero attached hydrogens (tertiary/aromatic N) is 2. The largest absolute Gasteiger partial charge is 0.464 e. The van der Waals surface area contributed by atoms with Crippen molar-refractivity contribution >= 4 is 28.6 Å². The smallest absolute Gasteiger partial charge is 0.370 e. The summed E-state index contributed by atoms with van der Waals surface area (Å²) in [5.41, 5.74) is 2.35. The first-order chi connectivity index (χ1) is 7.84. The van der Waals surface area contributed by atoms with E-state index in [0.717, 1.165) is 0 Å². The van der Waals surface area contributed by atoms with Gasteiger partial charge >= 0.3 is 5.97 Å². The number of carbonyl (C=O) groups excluding carboxylic acids is 1. The predicted molar refractivity (Wildman–Crippen MR) is 64.1 cm³/mol. The molecule has 0 aliphatic heterocycles. The Bertz CT molecular complexity index is 434. The van der Waals surface area contributed by atoms with Crippen molar-refractivity contribution in [2.24, 2.45) is 5.10 Å². The van der Waals surface area contributed by atoms with Gasteiger partial charge in [-0.25, -0.2) is 4.79 Å². The third-order valence-corrected chi connectivity index (χ3v) is 2.11. The first-order valence-corrected chi connectivity index (χ1v) is 5.27. The summed E-state index contributed by atoms with van der Waals surface area (Å²) < 4.78 is 9.48. The number of rotatable bonds is 3. The van der Waals surface area contributed by atoms with Crippen LogP contribution in [0.4, 0.5) is 5.82 Å². The average Bonchev–Trinajstić information content (AvgIpc) is 2.72. The zero-order valence-corrected chi connectivity index (χ0v) is 10.8. The monoisotopic (exact) mass is 259 g/mol. The first-order valence-electron chi connectivity index (χ1n) is 4.89. The summed E-state index contributed by atoms with van der Waals surface area (Å²) in [6, 6.07) is 1.69. The van der Waals surface area contributed by atoms with Gasteiger partial charge in [0.05, 0.1) is 7.11 Å². The maximum atomic E-state index is 10.9. The normalized spacial score (nSPS) is 12.4. The molecule has 1 aromatic heterocycles. The second-order valence-corrected chi connectivity index (χ2v) is 4.69. The molecule has 0 bridgehead atoms. The molecule has 0 spiro atoms. The van der Waals surface area contributed by atoms with Crippen molar-refractivity contribution in [3.05, 3.63) is 11.8 Å². The highest BCUT2D eigenvalue weighted by atomic mass is 35.5. The number of anilines is 1. The predicted octanol–water partition coefficient (Wildman–Crippen LogP) is 2.11. The summed E-state index contributed by atoms with van der Waals surface area (Å²) in [6.07, 6.45) is 0. The van der Waals surface area contributed by atoms with Crippen molar-refractivity contribution in [2.75, 3.05) is 12.5 Å². The Morgan fingerprint density at radius 2 is 2.24 bits per heavy atom. The molecule has 0 unspecified atom stereocenters. The highest BCUT2D eigenvalue weighted by Gasteiger charge is 2.19. The second kappa shape index (κ2) is 5.18. The lowest BCUT2D eigenvalue weighted by Gasteiger charge is -2.11. The molecule has 0 atom stereocenters. The van der Waals surface area contributed by atoms with Crippen LogP contribution in [-0.4, -0.2) is 23.4 Å². The number of hydrogen-bond acceptors (Lipinski definition) is 6. The minimum Gasteiger partial charge on any atom is -0.464 e. The van der Waals surface area contributed by atoms with E-state index >= 15 is 0 Å². The number of hydrazone groups is 1. The molecule has 6 nitrogen and oxygen atoms in total. The summed E-state index contributed by atoms with van der Waals surface area (Å²) in [5.74, 6) is 0.347. The standard InChI is InChI=1S/C10H14ClN3O3/c1-10(2,3)6-5-7(14-17-6)12-13-8(11)9(15)16-4/h5H,1-4H3,(H,12,14)/b13-8-. The van der Waals surface area contributed by atoms with E-state index in [2.05, 4.69) is 20.4 Å². The fourth-order valence-electron chi connectivity index (χ4n) is 0.918. The first kappa shape index (κ1) is 13.5. The Labute approximate surface area is 104 Å². The van der Waals surface area contributed by atoms with E-state index in [9.17, 15) is 4.79 Å². The van der Waals surface area contributed by atoms with Crippen LogP contribution in [0, 0.1) is 0 Å². The molecule has 0 aliphatic rings. The number of halogens is 1. The molecule has 1 aromatic rings. The summed E-state index contributed by atoms with van der Waals surface area (Å²) >= 11 is 5.53. The van der Waals surface area contributed by atoms with Crippen LogP contribution in [0.25, 0.3) is 0 Å². The summed E-state index contributed by atoms with van der Waals surface area (Å²) in [4.78, 5) is 10.9. The highest BCUT2D eigenvalue weighted by molar-refractivity contribution is 6.82. The van der Waals surface area contributed by atoms with Crippen LogP contribution in [0.15, 0.2) is 15.7 Å². The van der Waals surface area contributed by atoms with Gasteiger partial charge in [0.15, 0.2) is 5.82 Å². The van der Waals surface area contributed by atoms with Gasteiger partial charge in [0, 0.05) is 11.5 Å². The minimum absolute atomic E-state index is 0.150. The number of aromatic nitrogens is 1. The van der Waals surface area contributed by atoms with E-state index in [4.69, 9.17) is 16.1 Å². The SMILES string of the molecule is COC(=O)/C(Cl)=N/Nc1cc(C(C)(C)C)on1. The van der Waals surface area contributed by atoms with Crippen molar-refractivity contribution in [3.8, 4) is 0 Å². The Morgan fingerprint density at radius 3 is 2.71 bits per heavy atom. The quantitative estimate of drug-likeness (QED) is 0.511. The van der Waals surface area contributed by atoms with Crippen LogP contribution in [0.3, 0.4) is 0 Å². The van der Waals surface area contributed by atoms with Gasteiger partial charge in [0.2, 0.25) is 5.17 Å². The Hall–Kier alpha value is -1.56. The maximum absolute atomic E-state index is 10.9. The van der Waals surface area contributed by atoms with Gasteiger partial charge in [-0.05, 0) is 0 Å². The van der Waals surface area contributed by atoms with Crippen molar-refractivity contribution in [1.29, 1.82) is 0 Å². The molecular weight excluding hydrogens is 246 g/mol. The number of hydrogen-bond donors (Lipinski definition) is 1. The number of nitrogens with one attached hydrogen (secondary N) is 1. The molecule has 0 aromatic carbocycles. The Balaban J connectivity index is 2.71. The average molecular weight is 260 g/mol. The van der Waals surface area contributed by atoms with Crippen LogP contribution in [-0.2, 0) is 14.9 Å². The van der Waals surface area contributed by atoms with Crippen LogP contribution < -0.4 is 5.43 Å². The van der Waals surface area contributed by atoms with Crippen LogP contribution in [0.5, 0.6) is 0 Å². The van der Waals surface area contributed by atoms with Crippen molar-refractivity contribution in [1.82, 2.24) is 5.16 Å². The van der Waals surface area contributed by atoms with Crippen LogP contribution in [0.1, 0.15) is 26.5 Å². The molecule has 0 radical (unpaired) electrons. The molecule has 1 heterocycles. The molecule has 94 valence electrons. The topological polar surface area (TPSA) is 76.7 Å². The molecule has 17 heavy (non-hydrogen) atoms. The summed E-state index contributed by atoms with van der Waals surface area (Å²) in [7, 11) is 1.22. The van der Waals surface area contributed by atoms with Crippen molar-refractivity contribution in [3.63, 3.8) is 0 Å². The maximum Gasteiger partial charge on any atom is 0.370 e. The third kappa shape index (κ3) is 3.74. The Morgan fingerprint density at radius 1 is 1.59 bits per heavy atom. The molecule has 0 fully saturated rings. The van der Waals surface area contributed by atoms with Gasteiger partial charge in [0.1, 0.15) is 5.76 Å². The highest BCUT2D eigenvalue weighted by Crippen LogP contribution is 2.24. The van der Waals surface area contributed by atoms with E-state index in [0.29, 0.717) is 11.6 Å². The Kier molecular flexibility index (Phi) is 4.11. The molecule has 1 N–H and O–H groups in total. The van der Waals surface area contributed by atoms with E-state index in [1.165, 1.54) is 7.11 Å². The van der Waals surface area contributed by atoms with Gasteiger partial charge < -0.3 is 9.26 Å². The molecule has 1 rings (SSSR count). The van der Waals surface area contributed by atoms with Crippen LogP contribution >= 0.6 is 11.6 Å². The molecule has 0 amide bonds. The van der Waals surface area contributed by atoms with Gasteiger partial charge in [0.25, 0.3) is 0 Å². The zero-order valence-electron chi connectivity index (χ0n) is 10.1. The lowest BCUT2D eigenvalue weighted by Crippen LogP contribution is -2.11. The van der Waals surface area contributed by atoms with Gasteiger partial charge in [-0.15, -0.1) is 0 Å². The van der Waals surface area contributed by atoms with Gasteiger partial charge in [-0.3, -0.25) is 5.43 Å². The number of carbonyl (C=O) groups is 1. The van der Waals surface area contributed by atoms with Crippen molar-refractivity contribution < 1.29 is 14.1 Å². The van der Waals surface area contributed by atoms with E-state index in [1.807, 2.05) is 20.8 Å². The lowest BCUT2D eigenvalue weighted by atomic mass is 9.93. The zero-order chi connectivity index (χ0) is 13.1. The van der Waals surface area contributed by atoms with E-state index < -0.39 is 5.97 Å². The minimum atomic E-state index is -0.723. The van der Waals surface area contributed by atoms with Gasteiger partial charge in [-0.1, -0.05) is 37.5 Å². The number of esters is 1. The number of methoxy groups -OCH3 is 1. The van der Waals surface area contributed by atoms with E-state index in [-0.39, 0.29) is 10.6 Å². The fraction of sp³-hybridized carbons (Fsp3) is 0.500. The molecular formula is C10H14ClN3O3. The lowest BCUT2D eigenvalue weighted by molar-refractivity contribution is -0.132. The third-order valence-electron chi connectivity index (χ3n) is 1.87. The van der Waals surface area contributed by atoms with Crippen LogP contribution in [0.2, 0.25) is 0 Å². The fourth-order valence-corrected chi connectivity index (χ4v) is 1.04. The van der Waals surface area contributed by atoms with E-state index in [1.54, 1.807) is 6.07 Å².